The van der Waals surface area contributed by atoms with Gasteiger partial charge in [0.2, 0.25) is 0 Å². The molecule has 1 aliphatic heterocycles. The number of hydrogen-bond donors (Lipinski definition) is 1. The normalized spacial score (nSPS) is 19.3. The molecule has 0 radical (unpaired) electrons. The van der Waals surface area contributed by atoms with E-state index in [-0.39, 0.29) is 12.5 Å². The first-order valence-corrected chi connectivity index (χ1v) is 12.8. The molecule has 1 N–H and O–H groups in total. The number of carbonyl (C=O) groups is 2. The molecule has 3 atom stereocenters. The van der Waals surface area contributed by atoms with E-state index < -0.39 is 36.4 Å². The zero-order valence-electron chi connectivity index (χ0n) is 20.2. The Labute approximate surface area is 209 Å². The average molecular weight is 506 g/mol. The second-order valence-corrected chi connectivity index (χ2v) is 10.2. The Morgan fingerprint density at radius 1 is 1.23 bits per heavy atom. The largest absolute Gasteiger partial charge is 0.465 e. The Kier molecular flexibility index (Phi) is 9.57. The van der Waals surface area contributed by atoms with Crippen LogP contribution in [0.5, 0.6) is 0 Å². The molecule has 5 nitrogen and oxygen atoms in total. The molecular weight excluding hydrogens is 472 g/mol. The Morgan fingerprint density at radius 2 is 1.97 bits per heavy atom. The molecule has 1 aromatic carbocycles. The lowest BCUT2D eigenvalue weighted by atomic mass is 9.95. The third-order valence-electron chi connectivity index (χ3n) is 6.39. The third-order valence-corrected chi connectivity index (χ3v) is 7.52. The van der Waals surface area contributed by atoms with Gasteiger partial charge in [0.25, 0.3) is 5.91 Å². The van der Waals surface area contributed by atoms with Crippen molar-refractivity contribution in [3.8, 4) is 0 Å². The van der Waals surface area contributed by atoms with Crippen LogP contribution >= 0.6 is 11.3 Å². The molecule has 1 aliphatic rings. The van der Waals surface area contributed by atoms with Crippen molar-refractivity contribution in [2.75, 3.05) is 13.7 Å². The number of nitrogens with zero attached hydrogens (tertiary/aromatic N) is 1. The number of likely N-dealkylation sites (tertiary alicyclic amines) is 1. The van der Waals surface area contributed by atoms with Gasteiger partial charge in [0.1, 0.15) is 4.88 Å². The lowest BCUT2D eigenvalue weighted by molar-refractivity contribution is -0.148. The maximum absolute atomic E-state index is 14.2. The summed E-state index contributed by atoms with van der Waals surface area (Å²) in [5, 5.41) is 10.5. The number of aliphatic hydroxyl groups excluding tert-OH is 1. The van der Waals surface area contributed by atoms with Gasteiger partial charge in [-0.2, -0.15) is 8.78 Å². The number of halogens is 2. The van der Waals surface area contributed by atoms with Crippen molar-refractivity contribution < 1.29 is 28.2 Å². The van der Waals surface area contributed by atoms with Gasteiger partial charge in [-0.3, -0.25) is 4.79 Å². The number of aryl methyl sites for hydroxylation is 2. The molecule has 0 saturated carbocycles. The van der Waals surface area contributed by atoms with Crippen LogP contribution in [0.15, 0.2) is 54.6 Å². The summed E-state index contributed by atoms with van der Waals surface area (Å²) in [6.07, 6.45) is 5.47. The van der Waals surface area contributed by atoms with E-state index in [1.54, 1.807) is 18.2 Å². The number of amides is 1. The number of esters is 1. The number of alkyl halides is 2. The van der Waals surface area contributed by atoms with Crippen molar-refractivity contribution in [1.29, 1.82) is 0 Å². The first-order chi connectivity index (χ1) is 16.7. The van der Waals surface area contributed by atoms with E-state index in [2.05, 4.69) is 12.1 Å². The Balaban J connectivity index is 1.51. The molecule has 35 heavy (non-hydrogen) atoms. The minimum Gasteiger partial charge on any atom is -0.465 e. The number of rotatable bonds is 12. The van der Waals surface area contributed by atoms with Crippen molar-refractivity contribution in [2.24, 2.45) is 5.92 Å². The predicted octanol–water partition coefficient (Wildman–Crippen LogP) is 5.28. The summed E-state index contributed by atoms with van der Waals surface area (Å²) in [7, 11) is 1.32. The zero-order chi connectivity index (χ0) is 25.4. The lowest BCUT2D eigenvalue weighted by Crippen LogP contribution is -2.36. The van der Waals surface area contributed by atoms with Crippen LogP contribution < -0.4 is 0 Å². The van der Waals surface area contributed by atoms with Gasteiger partial charge in [-0.05, 0) is 55.7 Å². The number of carbonyl (C=O) groups excluding carboxylic acids is 2. The van der Waals surface area contributed by atoms with Gasteiger partial charge in [0.05, 0.1) is 19.3 Å². The molecule has 1 saturated heterocycles. The summed E-state index contributed by atoms with van der Waals surface area (Å²) in [5.41, 5.74) is 1.25. The van der Waals surface area contributed by atoms with Crippen LogP contribution in [0.4, 0.5) is 8.78 Å². The average Bonchev–Trinajstić information content (AvgIpc) is 3.40. The maximum Gasteiger partial charge on any atom is 0.348 e. The van der Waals surface area contributed by atoms with E-state index in [4.69, 9.17) is 4.74 Å². The number of benzene rings is 1. The van der Waals surface area contributed by atoms with Crippen molar-refractivity contribution >= 4 is 23.2 Å². The molecule has 190 valence electrons. The summed E-state index contributed by atoms with van der Waals surface area (Å²) in [5.74, 6) is -5.00. The second-order valence-electron chi connectivity index (χ2n) is 9.07. The minimum atomic E-state index is -3.40. The summed E-state index contributed by atoms with van der Waals surface area (Å²) in [6, 6.07) is 12.9. The van der Waals surface area contributed by atoms with Crippen LogP contribution in [-0.4, -0.2) is 53.6 Å². The topological polar surface area (TPSA) is 66.8 Å². The molecule has 1 unspecified atom stereocenters. The molecule has 1 amide bonds. The fourth-order valence-corrected chi connectivity index (χ4v) is 5.25. The van der Waals surface area contributed by atoms with E-state index in [9.17, 15) is 23.5 Å². The highest BCUT2D eigenvalue weighted by atomic mass is 32.1. The minimum absolute atomic E-state index is 0.0242. The summed E-state index contributed by atoms with van der Waals surface area (Å²) >= 11 is 1.30. The molecule has 0 bridgehead atoms. The summed E-state index contributed by atoms with van der Waals surface area (Å²) < 4.78 is 33.1. The van der Waals surface area contributed by atoms with Gasteiger partial charge in [-0.25, -0.2) is 4.79 Å². The number of methoxy groups -OCH3 is 1. The number of aliphatic hydroxyl groups is 1. The van der Waals surface area contributed by atoms with Crippen LogP contribution in [0.1, 0.15) is 52.7 Å². The van der Waals surface area contributed by atoms with Gasteiger partial charge in [0.15, 0.2) is 0 Å². The predicted molar refractivity (Wildman–Crippen MR) is 133 cm³/mol. The summed E-state index contributed by atoms with van der Waals surface area (Å²) in [4.78, 5) is 26.5. The molecule has 0 spiro atoms. The third kappa shape index (κ3) is 7.45. The van der Waals surface area contributed by atoms with E-state index in [1.165, 1.54) is 28.9 Å². The van der Waals surface area contributed by atoms with Crippen molar-refractivity contribution in [3.05, 3.63) is 69.9 Å². The fraction of sp³-hybridized carbons (Fsp3) is 0.481. The van der Waals surface area contributed by atoms with E-state index >= 15 is 0 Å². The van der Waals surface area contributed by atoms with E-state index in [1.807, 2.05) is 31.2 Å². The van der Waals surface area contributed by atoms with Crippen LogP contribution in [0.25, 0.3) is 0 Å². The molecule has 2 heterocycles. The molecule has 3 rings (SSSR count). The monoisotopic (exact) mass is 505 g/mol. The Bertz CT molecular complexity index is 1010. The van der Waals surface area contributed by atoms with Crippen LogP contribution in [0.2, 0.25) is 0 Å². The highest BCUT2D eigenvalue weighted by Gasteiger charge is 2.52. The second kappa shape index (κ2) is 12.4. The molecule has 1 aromatic heterocycles. The SMILES string of the molecule is COC(=O)c1ccc(CCCN2C(=O)C(F)(F)CC2C=C[C@@H](O)[C@H](C)CCCc2ccccc2)s1. The molecule has 0 aliphatic carbocycles. The molecule has 8 heteroatoms. The van der Waals surface area contributed by atoms with E-state index in [0.29, 0.717) is 17.7 Å². The van der Waals surface area contributed by atoms with Crippen molar-refractivity contribution in [2.45, 2.75) is 63.5 Å². The van der Waals surface area contributed by atoms with Crippen LogP contribution in [-0.2, 0) is 22.4 Å². The smallest absolute Gasteiger partial charge is 0.348 e. The van der Waals surface area contributed by atoms with Gasteiger partial charge >= 0.3 is 11.9 Å². The quantitative estimate of drug-likeness (QED) is 0.315. The molecule has 1 fully saturated rings. The van der Waals surface area contributed by atoms with Crippen LogP contribution in [0, 0.1) is 5.92 Å². The van der Waals surface area contributed by atoms with Gasteiger partial charge in [-0.1, -0.05) is 49.4 Å². The summed E-state index contributed by atoms with van der Waals surface area (Å²) in [6.45, 7) is 2.12. The Hall–Kier alpha value is -2.58. The lowest BCUT2D eigenvalue weighted by Gasteiger charge is -2.22. The van der Waals surface area contributed by atoms with Crippen molar-refractivity contribution in [3.63, 3.8) is 0 Å². The maximum atomic E-state index is 14.2. The molecule has 2 aromatic rings. The highest BCUT2D eigenvalue weighted by Crippen LogP contribution is 2.34. The highest BCUT2D eigenvalue weighted by molar-refractivity contribution is 7.13. The standard InChI is InChI=1S/C27H33F2NO4S/c1-19(8-6-11-20-9-4-3-5-10-20)23(31)15-13-21-18-27(28,29)26(33)30(21)17-7-12-22-14-16-24(35-22)25(32)34-2/h3-5,9-10,13-16,19,21,23,31H,6-8,11-12,17-18H2,1-2H3/t19-,21?,23-/m1/s1. The van der Waals surface area contributed by atoms with Gasteiger partial charge in [0, 0.05) is 17.8 Å². The zero-order valence-corrected chi connectivity index (χ0v) is 21.0. The fourth-order valence-electron chi connectivity index (χ4n) is 4.28. The number of ether oxygens (including phenoxy) is 1. The Morgan fingerprint density at radius 3 is 2.69 bits per heavy atom. The number of thiophene rings is 1. The van der Waals surface area contributed by atoms with Crippen LogP contribution in [0.3, 0.4) is 0 Å². The first-order valence-electron chi connectivity index (χ1n) is 12.0. The van der Waals surface area contributed by atoms with Crippen molar-refractivity contribution in [1.82, 2.24) is 4.90 Å². The first kappa shape index (κ1) is 27.0. The van der Waals surface area contributed by atoms with Gasteiger partial charge in [-0.15, -0.1) is 11.3 Å². The number of hydrogen-bond acceptors (Lipinski definition) is 5. The molecular formula is C27H33F2NO4S. The van der Waals surface area contributed by atoms with E-state index in [0.717, 1.165) is 24.1 Å². The van der Waals surface area contributed by atoms with Gasteiger partial charge < -0.3 is 14.7 Å².